The number of likely N-dealkylation sites (N-methyl/N-ethyl adjacent to an activating group) is 1. The van der Waals surface area contributed by atoms with Gasteiger partial charge in [-0.15, -0.1) is 0 Å². The molecule has 1 N–H and O–H groups in total. The predicted molar refractivity (Wildman–Crippen MR) is 70.3 cm³/mol. The van der Waals surface area contributed by atoms with Gasteiger partial charge in [-0.1, -0.05) is 19.1 Å². The highest BCUT2D eigenvalue weighted by Gasteiger charge is 2.13. The summed E-state index contributed by atoms with van der Waals surface area (Å²) in [6.07, 6.45) is 3.68. The van der Waals surface area contributed by atoms with Gasteiger partial charge in [0, 0.05) is 19.3 Å². The summed E-state index contributed by atoms with van der Waals surface area (Å²) in [6.45, 7) is 5.50. The SMILES string of the molecule is CCNCCc1ccc2c(c1)CCCN2C. The molecule has 0 radical (unpaired) electrons. The smallest absolute Gasteiger partial charge is 0.0396 e. The minimum Gasteiger partial charge on any atom is -0.374 e. The van der Waals surface area contributed by atoms with E-state index in [0.29, 0.717) is 0 Å². The van der Waals surface area contributed by atoms with E-state index < -0.39 is 0 Å². The molecular formula is C14H22N2. The van der Waals surface area contributed by atoms with Gasteiger partial charge in [0.1, 0.15) is 0 Å². The first-order valence-corrected chi connectivity index (χ1v) is 6.35. The Labute approximate surface area is 98.7 Å². The first kappa shape index (κ1) is 11.5. The number of benzene rings is 1. The molecule has 16 heavy (non-hydrogen) atoms. The maximum absolute atomic E-state index is 3.38. The largest absolute Gasteiger partial charge is 0.374 e. The molecule has 0 saturated heterocycles. The number of nitrogens with one attached hydrogen (secondary N) is 1. The van der Waals surface area contributed by atoms with E-state index in [1.807, 2.05) is 0 Å². The van der Waals surface area contributed by atoms with Crippen LogP contribution in [0.25, 0.3) is 0 Å². The van der Waals surface area contributed by atoms with Crippen molar-refractivity contribution in [2.75, 3.05) is 31.6 Å². The summed E-state index contributed by atoms with van der Waals surface area (Å²) < 4.78 is 0. The van der Waals surface area contributed by atoms with Gasteiger partial charge >= 0.3 is 0 Å². The second-order valence-electron chi connectivity index (χ2n) is 4.59. The van der Waals surface area contributed by atoms with Crippen molar-refractivity contribution < 1.29 is 0 Å². The molecule has 1 aromatic rings. The summed E-state index contributed by atoms with van der Waals surface area (Å²) in [5.74, 6) is 0. The van der Waals surface area contributed by atoms with Crippen LogP contribution >= 0.6 is 0 Å². The average molecular weight is 218 g/mol. The number of fused-ring (bicyclic) bond motifs is 1. The molecule has 0 bridgehead atoms. The van der Waals surface area contributed by atoms with Crippen LogP contribution in [-0.4, -0.2) is 26.7 Å². The number of hydrogen-bond donors (Lipinski definition) is 1. The zero-order valence-corrected chi connectivity index (χ0v) is 10.4. The highest BCUT2D eigenvalue weighted by atomic mass is 15.1. The summed E-state index contributed by atoms with van der Waals surface area (Å²) in [5.41, 5.74) is 4.43. The van der Waals surface area contributed by atoms with Crippen LogP contribution in [0.5, 0.6) is 0 Å². The third-order valence-corrected chi connectivity index (χ3v) is 3.34. The number of aryl methyl sites for hydroxylation is 1. The Morgan fingerprint density at radius 1 is 1.38 bits per heavy atom. The molecule has 1 aliphatic heterocycles. The number of rotatable bonds is 4. The quantitative estimate of drug-likeness (QED) is 0.780. The highest BCUT2D eigenvalue weighted by molar-refractivity contribution is 5.56. The average Bonchev–Trinajstić information content (AvgIpc) is 2.30. The van der Waals surface area contributed by atoms with Crippen molar-refractivity contribution in [1.82, 2.24) is 5.32 Å². The first-order valence-electron chi connectivity index (χ1n) is 6.35. The van der Waals surface area contributed by atoms with Gasteiger partial charge in [-0.05, 0) is 49.5 Å². The van der Waals surface area contributed by atoms with Gasteiger partial charge in [0.2, 0.25) is 0 Å². The fourth-order valence-electron chi connectivity index (χ4n) is 2.40. The van der Waals surface area contributed by atoms with Crippen LogP contribution in [0.1, 0.15) is 24.5 Å². The number of nitrogens with zero attached hydrogens (tertiary/aromatic N) is 1. The molecular weight excluding hydrogens is 196 g/mol. The molecule has 0 aliphatic carbocycles. The van der Waals surface area contributed by atoms with Crippen LogP contribution in [0.4, 0.5) is 5.69 Å². The molecule has 0 unspecified atom stereocenters. The summed E-state index contributed by atoms with van der Waals surface area (Å²) in [7, 11) is 2.19. The Morgan fingerprint density at radius 3 is 3.06 bits per heavy atom. The van der Waals surface area contributed by atoms with Crippen molar-refractivity contribution in [3.63, 3.8) is 0 Å². The molecule has 2 nitrogen and oxygen atoms in total. The van der Waals surface area contributed by atoms with E-state index in [4.69, 9.17) is 0 Å². The zero-order chi connectivity index (χ0) is 11.4. The number of anilines is 1. The van der Waals surface area contributed by atoms with Gasteiger partial charge in [0.05, 0.1) is 0 Å². The van der Waals surface area contributed by atoms with Crippen molar-refractivity contribution in [3.8, 4) is 0 Å². The second-order valence-corrected chi connectivity index (χ2v) is 4.59. The zero-order valence-electron chi connectivity index (χ0n) is 10.4. The van der Waals surface area contributed by atoms with E-state index in [-0.39, 0.29) is 0 Å². The van der Waals surface area contributed by atoms with E-state index in [1.165, 1.54) is 36.2 Å². The molecule has 2 rings (SSSR count). The third kappa shape index (κ3) is 2.56. The molecule has 88 valence electrons. The second kappa shape index (κ2) is 5.35. The molecule has 1 heterocycles. The molecule has 2 heteroatoms. The van der Waals surface area contributed by atoms with Gasteiger partial charge < -0.3 is 10.2 Å². The normalized spacial score (nSPS) is 15.0. The minimum absolute atomic E-state index is 1.06. The molecule has 1 aromatic carbocycles. The lowest BCUT2D eigenvalue weighted by atomic mass is 9.98. The van der Waals surface area contributed by atoms with E-state index in [0.717, 1.165) is 19.5 Å². The molecule has 1 aliphatic rings. The van der Waals surface area contributed by atoms with Crippen LogP contribution in [-0.2, 0) is 12.8 Å². The van der Waals surface area contributed by atoms with Crippen molar-refractivity contribution in [2.45, 2.75) is 26.2 Å². The Morgan fingerprint density at radius 2 is 2.25 bits per heavy atom. The minimum atomic E-state index is 1.06. The lowest BCUT2D eigenvalue weighted by Crippen LogP contribution is -2.24. The van der Waals surface area contributed by atoms with Crippen LogP contribution in [0.2, 0.25) is 0 Å². The summed E-state index contributed by atoms with van der Waals surface area (Å²) in [6, 6.07) is 6.95. The van der Waals surface area contributed by atoms with E-state index in [2.05, 4.69) is 42.4 Å². The van der Waals surface area contributed by atoms with E-state index >= 15 is 0 Å². The maximum Gasteiger partial charge on any atom is 0.0396 e. The molecule has 0 spiro atoms. The Kier molecular flexibility index (Phi) is 3.83. The Balaban J connectivity index is 2.06. The molecule has 0 amide bonds. The standard InChI is InChI=1S/C14H22N2/c1-3-15-9-8-12-6-7-14-13(11-12)5-4-10-16(14)2/h6-7,11,15H,3-5,8-10H2,1-2H3. The fraction of sp³-hybridized carbons (Fsp3) is 0.571. The fourth-order valence-corrected chi connectivity index (χ4v) is 2.40. The summed E-state index contributed by atoms with van der Waals surface area (Å²) in [4.78, 5) is 2.37. The van der Waals surface area contributed by atoms with Crippen molar-refractivity contribution >= 4 is 5.69 Å². The maximum atomic E-state index is 3.38. The molecule has 0 atom stereocenters. The molecule has 0 aromatic heterocycles. The van der Waals surface area contributed by atoms with Gasteiger partial charge in [-0.2, -0.15) is 0 Å². The summed E-state index contributed by atoms with van der Waals surface area (Å²) >= 11 is 0. The van der Waals surface area contributed by atoms with Gasteiger partial charge in [-0.25, -0.2) is 0 Å². The Hall–Kier alpha value is -1.02. The van der Waals surface area contributed by atoms with Crippen molar-refractivity contribution in [2.24, 2.45) is 0 Å². The van der Waals surface area contributed by atoms with Crippen molar-refractivity contribution in [1.29, 1.82) is 0 Å². The third-order valence-electron chi connectivity index (χ3n) is 3.34. The van der Waals surface area contributed by atoms with Gasteiger partial charge in [0.25, 0.3) is 0 Å². The Bertz CT molecular complexity index is 347. The van der Waals surface area contributed by atoms with E-state index in [9.17, 15) is 0 Å². The number of hydrogen-bond acceptors (Lipinski definition) is 2. The topological polar surface area (TPSA) is 15.3 Å². The van der Waals surface area contributed by atoms with Gasteiger partial charge in [-0.3, -0.25) is 0 Å². The highest BCUT2D eigenvalue weighted by Crippen LogP contribution is 2.26. The first-order chi connectivity index (χ1) is 7.81. The lowest BCUT2D eigenvalue weighted by molar-refractivity contribution is 0.712. The molecule has 0 fully saturated rings. The summed E-state index contributed by atoms with van der Waals surface area (Å²) in [5, 5.41) is 3.38. The van der Waals surface area contributed by atoms with Crippen LogP contribution in [0.15, 0.2) is 18.2 Å². The molecule has 0 saturated carbocycles. The van der Waals surface area contributed by atoms with Gasteiger partial charge in [0.15, 0.2) is 0 Å². The lowest BCUT2D eigenvalue weighted by Gasteiger charge is -2.27. The predicted octanol–water partition coefficient (Wildman–Crippen LogP) is 2.22. The van der Waals surface area contributed by atoms with Crippen molar-refractivity contribution in [3.05, 3.63) is 29.3 Å². The van der Waals surface area contributed by atoms with Crippen LogP contribution in [0, 0.1) is 0 Å². The van der Waals surface area contributed by atoms with Crippen LogP contribution < -0.4 is 10.2 Å². The monoisotopic (exact) mass is 218 g/mol. The van der Waals surface area contributed by atoms with E-state index in [1.54, 1.807) is 0 Å². The van der Waals surface area contributed by atoms with Crippen LogP contribution in [0.3, 0.4) is 0 Å².